The molecule has 4 aliphatic heterocycles. The molecule has 8 fully saturated rings. The molecule has 4 saturated heterocycles. The standard InChI is InChI=1S/C23H22F6N2O.2C23H25F3N2O.C22H22ClF3N2O/c1-14-2-4-15(5-3-14)17-13-18(17)21(32)31-10-8-30(9-11-31)20-12-16(22(24,25)26)6-7-19(20)23(27,28)29;1-15-3-6-17(7-4-15)19-14-20(19)22(29)28-11-9-27(10-12-28)21-13-18(23(24,25)26)8-5-16(21)2;1-15-4-3-5-17(12-15)19-14-20(19)22(29)28-10-8-27(9-11-28)21-13-18(23(24,25)26)7-6-16(21)2;1-14-3-2-4-15(11-14)17-13-18(17)21(29)28-9-7-27(8-10-28)20-12-16(23)5-6-19(20)22(24,25)26/h2-7,12,17-18H,8-11,13H2,1H3;3-8,13,19-20H,9-12,14H2,1-2H3;3-7,12-13,19-20H,8-11,14H2,1-2H3;2-6,11-12,17-18H,7-10,13H2,1H3/t17-,18-;2*19-,20-;17-,18-/m1011/s1. The van der Waals surface area contributed by atoms with Gasteiger partial charge >= 0.3 is 30.9 Å². The highest BCUT2D eigenvalue weighted by Gasteiger charge is 2.51. The maximum absolute atomic E-state index is 13.4. The van der Waals surface area contributed by atoms with Crippen LogP contribution in [-0.4, -0.2) is 148 Å². The van der Waals surface area contributed by atoms with Crippen molar-refractivity contribution in [3.8, 4) is 0 Å². The zero-order chi connectivity index (χ0) is 85.5. The van der Waals surface area contributed by atoms with Crippen LogP contribution in [0.4, 0.5) is 88.6 Å². The Morgan fingerprint density at radius 1 is 0.277 bits per heavy atom. The number of halogens is 16. The van der Waals surface area contributed by atoms with Gasteiger partial charge in [0.15, 0.2) is 0 Å². The van der Waals surface area contributed by atoms with E-state index in [1.165, 1.54) is 74.7 Å². The van der Waals surface area contributed by atoms with Crippen molar-refractivity contribution in [3.63, 3.8) is 0 Å². The first-order valence-electron chi connectivity index (χ1n) is 40.1. The van der Waals surface area contributed by atoms with Crippen molar-refractivity contribution in [1.82, 2.24) is 19.6 Å². The predicted molar refractivity (Wildman–Crippen MR) is 429 cm³/mol. The van der Waals surface area contributed by atoms with Crippen molar-refractivity contribution >= 4 is 58.0 Å². The van der Waals surface area contributed by atoms with E-state index in [-0.39, 0.29) is 96.0 Å². The summed E-state index contributed by atoms with van der Waals surface area (Å²) in [6.07, 6.45) is -19.3. The number of anilines is 4. The van der Waals surface area contributed by atoms with Gasteiger partial charge in [0.05, 0.1) is 33.5 Å². The highest BCUT2D eigenvalue weighted by molar-refractivity contribution is 6.30. The molecule has 8 atom stereocenters. The monoisotopic (exact) mass is 1680 g/mol. The fraction of sp³-hybridized carbons (Fsp3) is 0.429. The first-order chi connectivity index (χ1) is 56.2. The molecule has 0 unspecified atom stereocenters. The maximum Gasteiger partial charge on any atom is 0.418 e. The van der Waals surface area contributed by atoms with Gasteiger partial charge in [-0.1, -0.05) is 143 Å². The molecule has 4 aliphatic carbocycles. The Kier molecular flexibility index (Phi) is 25.6. The van der Waals surface area contributed by atoms with E-state index < -0.39 is 64.4 Å². The van der Waals surface area contributed by atoms with Crippen molar-refractivity contribution < 1.29 is 85.0 Å². The summed E-state index contributed by atoms with van der Waals surface area (Å²) in [5.74, 6) is 1.33. The second-order valence-corrected chi connectivity index (χ2v) is 33.0. The average molecular weight is 1680 g/mol. The Morgan fingerprint density at radius 3 is 0.840 bits per heavy atom. The maximum atomic E-state index is 13.4. The van der Waals surface area contributed by atoms with Gasteiger partial charge in [-0.05, 0) is 185 Å². The number of nitrogens with zero attached hydrogens (tertiary/aromatic N) is 8. The topological polar surface area (TPSA) is 94.2 Å². The summed E-state index contributed by atoms with van der Waals surface area (Å²) in [5.41, 5.74) is 7.69. The highest BCUT2D eigenvalue weighted by Crippen LogP contribution is 2.53. The van der Waals surface area contributed by atoms with E-state index in [9.17, 15) is 85.0 Å². The number of rotatable bonds is 12. The molecular weight excluding hydrogens is 1590 g/mol. The molecular formula is C91H94ClF15N8O4. The molecule has 119 heavy (non-hydrogen) atoms. The minimum Gasteiger partial charge on any atom is -0.368 e. The first kappa shape index (κ1) is 86.9. The molecule has 12 nitrogen and oxygen atoms in total. The van der Waals surface area contributed by atoms with Crippen LogP contribution in [0.2, 0.25) is 5.02 Å². The highest BCUT2D eigenvalue weighted by atomic mass is 35.5. The molecule has 0 aromatic heterocycles. The van der Waals surface area contributed by atoms with E-state index in [2.05, 4.69) is 61.5 Å². The molecule has 4 heterocycles. The van der Waals surface area contributed by atoms with Gasteiger partial charge in [-0.25, -0.2) is 0 Å². The predicted octanol–water partition coefficient (Wildman–Crippen LogP) is 20.2. The van der Waals surface area contributed by atoms with Crippen LogP contribution in [0.25, 0.3) is 0 Å². The quantitative estimate of drug-likeness (QED) is 0.112. The Hall–Kier alpha value is -9.92. The lowest BCUT2D eigenvalue weighted by Crippen LogP contribution is -2.49. The normalized spacial score (nSPS) is 21.9. The van der Waals surface area contributed by atoms with Crippen LogP contribution < -0.4 is 19.6 Å². The molecule has 0 radical (unpaired) electrons. The van der Waals surface area contributed by atoms with Gasteiger partial charge in [-0.2, -0.15) is 65.9 Å². The second-order valence-electron chi connectivity index (χ2n) is 32.6. The number of alkyl halides is 15. The number of hydrogen-bond acceptors (Lipinski definition) is 8. The summed E-state index contributed by atoms with van der Waals surface area (Å²) in [4.78, 5) is 65.5. The van der Waals surface area contributed by atoms with Crippen molar-refractivity contribution in [3.05, 3.63) is 258 Å². The number of carbonyl (C=O) groups is 4. The smallest absolute Gasteiger partial charge is 0.368 e. The minimum absolute atomic E-state index is 0.0137. The fourth-order valence-corrected chi connectivity index (χ4v) is 17.0. The van der Waals surface area contributed by atoms with Gasteiger partial charge in [0.2, 0.25) is 23.6 Å². The van der Waals surface area contributed by atoms with Crippen LogP contribution in [0.5, 0.6) is 0 Å². The van der Waals surface area contributed by atoms with E-state index in [0.717, 1.165) is 66.1 Å². The molecule has 4 saturated carbocycles. The van der Waals surface area contributed by atoms with E-state index >= 15 is 0 Å². The number of piperazine rings is 4. The van der Waals surface area contributed by atoms with E-state index in [1.54, 1.807) is 14.7 Å². The lowest BCUT2D eigenvalue weighted by Gasteiger charge is -2.37. The number of benzene rings is 8. The van der Waals surface area contributed by atoms with Crippen molar-refractivity contribution in [2.24, 2.45) is 23.7 Å². The van der Waals surface area contributed by atoms with E-state index in [4.69, 9.17) is 11.6 Å². The molecule has 0 bridgehead atoms. The van der Waals surface area contributed by atoms with Crippen molar-refractivity contribution in [2.45, 2.75) is 122 Å². The summed E-state index contributed by atoms with van der Waals surface area (Å²) in [7, 11) is 0. The SMILES string of the molecule is Cc1ccc([C@@H]2C[C@@H]2C(=O)N2CCN(c3cc(C(F)(F)F)ccc3C)CC2)cc1.Cc1ccc([C@H]2C[C@H]2C(=O)N2CCN(c3cc(C(F)(F)F)ccc3C(F)(F)F)CC2)cc1.Cc1cccc([C@H]2C[C@H]2C(=O)N2CCN(c3cc(C(F)(F)F)ccc3C)CC2)c1.Cc1cccc([C@H]2C[C@H]2C(=O)N2CCN(c3cc(Cl)ccc3C(F)(F)F)CC2)c1. The molecule has 8 aliphatic rings. The van der Waals surface area contributed by atoms with Gasteiger partial charge in [-0.15, -0.1) is 0 Å². The number of carbonyl (C=O) groups excluding carboxylic acids is 4. The molecule has 8 aromatic carbocycles. The van der Waals surface area contributed by atoms with Crippen LogP contribution in [0, 0.1) is 65.2 Å². The molecule has 0 N–H and O–H groups in total. The Balaban J connectivity index is 0.000000137. The first-order valence-corrected chi connectivity index (χ1v) is 40.5. The lowest BCUT2D eigenvalue weighted by molar-refractivity contribution is -0.141. The van der Waals surface area contributed by atoms with E-state index in [0.29, 0.717) is 120 Å². The summed E-state index contributed by atoms with van der Waals surface area (Å²) in [6, 6.07) is 45.7. The summed E-state index contributed by atoms with van der Waals surface area (Å²) >= 11 is 5.94. The van der Waals surface area contributed by atoms with Gasteiger partial charge < -0.3 is 39.2 Å². The molecule has 0 spiro atoms. The molecule has 28 heteroatoms. The van der Waals surface area contributed by atoms with E-state index in [1.807, 2.05) is 96.7 Å². The Morgan fingerprint density at radius 2 is 0.546 bits per heavy atom. The summed E-state index contributed by atoms with van der Waals surface area (Å²) in [5, 5.41) is 0.269. The lowest BCUT2D eigenvalue weighted by atomic mass is 10.1. The zero-order valence-electron chi connectivity index (χ0n) is 66.7. The number of amides is 4. The molecule has 8 aromatic rings. The Bertz CT molecular complexity index is 4960. The molecule has 4 amide bonds. The summed E-state index contributed by atoms with van der Waals surface area (Å²) < 4.78 is 198. The third kappa shape index (κ3) is 21.1. The average Bonchev–Trinajstić information content (AvgIpc) is 1.64. The second kappa shape index (κ2) is 35.0. The van der Waals surface area contributed by atoms with Crippen LogP contribution in [0.3, 0.4) is 0 Å². The number of aryl methyl sites for hydroxylation is 6. The minimum atomic E-state index is -4.78. The Labute approximate surface area is 687 Å². The zero-order valence-corrected chi connectivity index (χ0v) is 67.4. The van der Waals surface area contributed by atoms with Gasteiger partial charge in [0, 0.05) is 150 Å². The van der Waals surface area contributed by atoms with Crippen LogP contribution in [-0.2, 0) is 50.1 Å². The van der Waals surface area contributed by atoms with Gasteiger partial charge in [0.25, 0.3) is 0 Å². The van der Waals surface area contributed by atoms with Crippen molar-refractivity contribution in [1.29, 1.82) is 0 Å². The van der Waals surface area contributed by atoms with Crippen LogP contribution >= 0.6 is 11.6 Å². The fourth-order valence-electron chi connectivity index (χ4n) is 16.9. The van der Waals surface area contributed by atoms with Crippen LogP contribution in [0.1, 0.15) is 133 Å². The molecule has 634 valence electrons. The third-order valence-electron chi connectivity index (χ3n) is 24.1. The van der Waals surface area contributed by atoms with Crippen molar-refractivity contribution in [2.75, 3.05) is 124 Å². The largest absolute Gasteiger partial charge is 0.418 e. The van der Waals surface area contributed by atoms with Gasteiger partial charge in [0.1, 0.15) is 0 Å². The third-order valence-corrected chi connectivity index (χ3v) is 24.3. The summed E-state index contributed by atoms with van der Waals surface area (Å²) in [6.45, 7) is 18.1. The van der Waals surface area contributed by atoms with Crippen LogP contribution in [0.15, 0.2) is 170 Å². The van der Waals surface area contributed by atoms with Gasteiger partial charge in [-0.3, -0.25) is 19.2 Å². The number of hydrogen-bond donors (Lipinski definition) is 0. The molecule has 16 rings (SSSR count).